The molecule has 1 N–H and O–H groups in total. The van der Waals surface area contributed by atoms with E-state index in [1.165, 1.54) is 29.5 Å². The minimum absolute atomic E-state index is 0.811. The third-order valence-electron chi connectivity index (χ3n) is 3.89. The minimum Gasteiger partial charge on any atom is -0.369 e. The van der Waals surface area contributed by atoms with Crippen molar-refractivity contribution in [2.75, 3.05) is 11.9 Å². The van der Waals surface area contributed by atoms with Crippen LogP contribution in [0.2, 0.25) is 0 Å². The van der Waals surface area contributed by atoms with E-state index < -0.39 is 0 Å². The molecule has 1 aliphatic rings. The topological polar surface area (TPSA) is 37.8 Å². The van der Waals surface area contributed by atoms with Gasteiger partial charge >= 0.3 is 0 Å². The summed E-state index contributed by atoms with van der Waals surface area (Å²) in [7, 11) is 0. The Hall–Kier alpha value is -1.16. The van der Waals surface area contributed by atoms with Gasteiger partial charge in [-0.25, -0.2) is 9.97 Å². The summed E-state index contributed by atoms with van der Waals surface area (Å²) in [6.07, 6.45) is 5.75. The van der Waals surface area contributed by atoms with Crippen LogP contribution in [0.4, 0.5) is 5.82 Å². The Morgan fingerprint density at radius 1 is 1.39 bits per heavy atom. The van der Waals surface area contributed by atoms with Crippen molar-refractivity contribution in [1.82, 2.24) is 9.97 Å². The van der Waals surface area contributed by atoms with Crippen molar-refractivity contribution in [3.8, 4) is 0 Å². The second kappa shape index (κ2) is 4.84. The predicted molar refractivity (Wildman–Crippen MR) is 77.1 cm³/mol. The van der Waals surface area contributed by atoms with Crippen LogP contribution in [0.3, 0.4) is 0 Å². The van der Waals surface area contributed by atoms with E-state index in [1.54, 1.807) is 17.7 Å². The number of nitrogens with one attached hydrogen (secondary N) is 1. The Morgan fingerprint density at radius 2 is 2.28 bits per heavy atom. The van der Waals surface area contributed by atoms with Crippen molar-refractivity contribution in [3.05, 3.63) is 17.3 Å². The number of fused-ring (bicyclic) bond motifs is 1. The summed E-state index contributed by atoms with van der Waals surface area (Å²) in [4.78, 5) is 8.74. The van der Waals surface area contributed by atoms with E-state index in [9.17, 15) is 0 Å². The molecule has 2 unspecified atom stereocenters. The molecule has 0 amide bonds. The number of aromatic nitrogens is 2. The Labute approximate surface area is 112 Å². The van der Waals surface area contributed by atoms with E-state index in [0.29, 0.717) is 0 Å². The van der Waals surface area contributed by atoms with E-state index in [-0.39, 0.29) is 0 Å². The molecule has 3 rings (SSSR count). The molecule has 3 nitrogen and oxygen atoms in total. The van der Waals surface area contributed by atoms with Gasteiger partial charge in [0.1, 0.15) is 12.1 Å². The molecule has 0 saturated heterocycles. The molecule has 0 spiro atoms. The normalized spacial score (nSPS) is 23.7. The largest absolute Gasteiger partial charge is 0.369 e. The summed E-state index contributed by atoms with van der Waals surface area (Å²) in [6.45, 7) is 5.51. The van der Waals surface area contributed by atoms with Crippen LogP contribution in [-0.2, 0) is 0 Å². The lowest BCUT2D eigenvalue weighted by molar-refractivity contribution is 0.537. The van der Waals surface area contributed by atoms with Crippen LogP contribution in [0.15, 0.2) is 11.7 Å². The van der Waals surface area contributed by atoms with E-state index >= 15 is 0 Å². The fourth-order valence-electron chi connectivity index (χ4n) is 2.85. The quantitative estimate of drug-likeness (QED) is 0.912. The van der Waals surface area contributed by atoms with Crippen LogP contribution >= 0.6 is 11.3 Å². The number of rotatable bonds is 3. The number of anilines is 1. The molecule has 0 radical (unpaired) electrons. The van der Waals surface area contributed by atoms with Gasteiger partial charge in [0.25, 0.3) is 0 Å². The van der Waals surface area contributed by atoms with Gasteiger partial charge in [-0.2, -0.15) is 0 Å². The second-order valence-electron chi connectivity index (χ2n) is 5.48. The zero-order valence-corrected chi connectivity index (χ0v) is 11.8. The van der Waals surface area contributed by atoms with Crippen molar-refractivity contribution in [3.63, 3.8) is 0 Å². The van der Waals surface area contributed by atoms with Crippen molar-refractivity contribution >= 4 is 27.4 Å². The maximum absolute atomic E-state index is 4.39. The van der Waals surface area contributed by atoms with Gasteiger partial charge in [-0.15, -0.1) is 11.3 Å². The number of nitrogens with zero attached hydrogens (tertiary/aromatic N) is 2. The standard InChI is InChI=1S/C14H19N3S/c1-9-3-4-11(5-9)6-15-14-13-12(16-8-17-14)10(2)7-18-13/h7-9,11H,3-6H2,1-2H3,(H,15,16,17). The monoisotopic (exact) mass is 261 g/mol. The molecule has 0 aromatic carbocycles. The zero-order valence-electron chi connectivity index (χ0n) is 10.9. The fourth-order valence-corrected chi connectivity index (χ4v) is 3.81. The Kier molecular flexibility index (Phi) is 3.20. The number of thiophene rings is 1. The maximum atomic E-state index is 4.39. The van der Waals surface area contributed by atoms with Crippen LogP contribution < -0.4 is 5.32 Å². The minimum atomic E-state index is 0.811. The first-order valence-electron chi connectivity index (χ1n) is 6.66. The molecule has 18 heavy (non-hydrogen) atoms. The summed E-state index contributed by atoms with van der Waals surface area (Å²) < 4.78 is 1.20. The van der Waals surface area contributed by atoms with Crippen LogP contribution in [0.25, 0.3) is 10.2 Å². The third kappa shape index (κ3) is 2.21. The van der Waals surface area contributed by atoms with Gasteiger partial charge < -0.3 is 5.32 Å². The van der Waals surface area contributed by atoms with Gasteiger partial charge in [-0.3, -0.25) is 0 Å². The average Bonchev–Trinajstić information content (AvgIpc) is 2.94. The summed E-state index contributed by atoms with van der Waals surface area (Å²) in [6, 6.07) is 0. The molecule has 1 aliphatic carbocycles. The lowest BCUT2D eigenvalue weighted by Crippen LogP contribution is -2.12. The molecule has 0 bridgehead atoms. The SMILES string of the molecule is Cc1csc2c(NCC3CCC(C)C3)ncnc12. The molecular weight excluding hydrogens is 242 g/mol. The molecule has 1 saturated carbocycles. The van der Waals surface area contributed by atoms with Crippen molar-refractivity contribution < 1.29 is 0 Å². The van der Waals surface area contributed by atoms with Crippen molar-refractivity contribution in [2.45, 2.75) is 33.1 Å². The highest BCUT2D eigenvalue weighted by atomic mass is 32.1. The third-order valence-corrected chi connectivity index (χ3v) is 4.99. The zero-order chi connectivity index (χ0) is 12.5. The Bertz CT molecular complexity index is 549. The molecule has 2 heterocycles. The molecule has 1 fully saturated rings. The van der Waals surface area contributed by atoms with E-state index in [1.807, 2.05) is 0 Å². The Morgan fingerprint density at radius 3 is 3.06 bits per heavy atom. The van der Waals surface area contributed by atoms with Gasteiger partial charge in [-0.05, 0) is 42.5 Å². The molecule has 4 heteroatoms. The molecule has 0 aliphatic heterocycles. The fraction of sp³-hybridized carbons (Fsp3) is 0.571. The van der Waals surface area contributed by atoms with Gasteiger partial charge in [0.05, 0.1) is 10.2 Å². The summed E-state index contributed by atoms with van der Waals surface area (Å²) >= 11 is 1.74. The van der Waals surface area contributed by atoms with Gasteiger partial charge in [0.15, 0.2) is 0 Å². The Balaban J connectivity index is 1.74. The first-order chi connectivity index (χ1) is 8.74. The van der Waals surface area contributed by atoms with Crippen LogP contribution in [0.5, 0.6) is 0 Å². The maximum Gasteiger partial charge on any atom is 0.147 e. The van der Waals surface area contributed by atoms with Gasteiger partial charge in [0.2, 0.25) is 0 Å². The van der Waals surface area contributed by atoms with Crippen molar-refractivity contribution in [2.24, 2.45) is 11.8 Å². The number of hydrogen-bond donors (Lipinski definition) is 1. The van der Waals surface area contributed by atoms with Crippen LogP contribution in [0, 0.1) is 18.8 Å². The van der Waals surface area contributed by atoms with Gasteiger partial charge in [-0.1, -0.05) is 13.3 Å². The number of hydrogen-bond acceptors (Lipinski definition) is 4. The summed E-state index contributed by atoms with van der Waals surface area (Å²) in [5, 5.41) is 5.68. The highest BCUT2D eigenvalue weighted by molar-refractivity contribution is 7.18. The highest BCUT2D eigenvalue weighted by Crippen LogP contribution is 2.32. The predicted octanol–water partition coefficient (Wildman–Crippen LogP) is 3.85. The van der Waals surface area contributed by atoms with Crippen LogP contribution in [-0.4, -0.2) is 16.5 Å². The second-order valence-corrected chi connectivity index (χ2v) is 6.36. The molecule has 2 aromatic rings. The summed E-state index contributed by atoms with van der Waals surface area (Å²) in [5.41, 5.74) is 2.34. The molecular formula is C14H19N3S. The van der Waals surface area contributed by atoms with E-state index in [0.717, 1.165) is 29.7 Å². The van der Waals surface area contributed by atoms with E-state index in [4.69, 9.17) is 0 Å². The smallest absolute Gasteiger partial charge is 0.147 e. The first-order valence-corrected chi connectivity index (χ1v) is 7.54. The van der Waals surface area contributed by atoms with Gasteiger partial charge in [0, 0.05) is 6.54 Å². The molecule has 2 atom stereocenters. The molecule has 96 valence electrons. The summed E-state index contributed by atoms with van der Waals surface area (Å²) in [5.74, 6) is 2.72. The van der Waals surface area contributed by atoms with E-state index in [2.05, 4.69) is 34.5 Å². The number of aryl methyl sites for hydroxylation is 1. The van der Waals surface area contributed by atoms with Crippen LogP contribution in [0.1, 0.15) is 31.7 Å². The highest BCUT2D eigenvalue weighted by Gasteiger charge is 2.21. The lowest BCUT2D eigenvalue weighted by atomic mass is 10.1. The first kappa shape index (κ1) is 11.9. The lowest BCUT2D eigenvalue weighted by Gasteiger charge is -2.11. The van der Waals surface area contributed by atoms with Crippen molar-refractivity contribution in [1.29, 1.82) is 0 Å². The average molecular weight is 261 g/mol. The molecule has 2 aromatic heterocycles.